The van der Waals surface area contributed by atoms with Gasteiger partial charge in [0, 0.05) is 10.2 Å². The Hall–Kier alpha value is -1.56. The Morgan fingerprint density at radius 3 is 2.38 bits per heavy atom. The molecule has 0 heterocycles. The van der Waals surface area contributed by atoms with Crippen LogP contribution < -0.4 is 16.4 Å². The molecule has 0 fully saturated rings. The molecule has 0 aliphatic carbocycles. The number of halogens is 1. The lowest BCUT2D eigenvalue weighted by Gasteiger charge is -2.06. The number of anilines is 1. The van der Waals surface area contributed by atoms with Gasteiger partial charge in [-0.1, -0.05) is 15.9 Å². The third kappa shape index (κ3) is 4.79. The van der Waals surface area contributed by atoms with Crippen LogP contribution in [0.25, 0.3) is 0 Å². The minimum Gasteiger partial charge on any atom is -0.376 e. The van der Waals surface area contributed by atoms with Crippen molar-refractivity contribution in [3.05, 3.63) is 28.7 Å². The molecule has 1 aromatic rings. The van der Waals surface area contributed by atoms with Gasteiger partial charge in [0.25, 0.3) is 0 Å². The average molecular weight is 286 g/mol. The number of rotatable bonds is 5. The molecule has 5 nitrogen and oxygen atoms in total. The van der Waals surface area contributed by atoms with Crippen molar-refractivity contribution in [2.75, 3.05) is 18.4 Å². The predicted octanol–water partition coefficient (Wildman–Crippen LogP) is 0.462. The summed E-state index contributed by atoms with van der Waals surface area (Å²) in [5.41, 5.74) is 5.72. The van der Waals surface area contributed by atoms with E-state index in [0.29, 0.717) is 0 Å². The minimum atomic E-state index is -0.558. The molecule has 6 heteroatoms. The Kier molecular flexibility index (Phi) is 4.78. The summed E-state index contributed by atoms with van der Waals surface area (Å²) in [6.45, 7) is -0.0320. The van der Waals surface area contributed by atoms with Gasteiger partial charge in [-0.25, -0.2) is 0 Å². The van der Waals surface area contributed by atoms with Gasteiger partial charge >= 0.3 is 0 Å². The molecule has 0 bridgehead atoms. The van der Waals surface area contributed by atoms with Crippen molar-refractivity contribution in [2.24, 2.45) is 5.73 Å². The molecule has 0 unspecified atom stereocenters. The summed E-state index contributed by atoms with van der Waals surface area (Å²) < 4.78 is 0.969. The van der Waals surface area contributed by atoms with E-state index in [1.807, 2.05) is 24.3 Å². The second-order valence-electron chi connectivity index (χ2n) is 3.10. The molecular weight excluding hydrogens is 274 g/mol. The first-order valence-electron chi connectivity index (χ1n) is 4.62. The van der Waals surface area contributed by atoms with Gasteiger partial charge in [0.05, 0.1) is 13.1 Å². The van der Waals surface area contributed by atoms with Crippen molar-refractivity contribution in [2.45, 2.75) is 0 Å². The Morgan fingerprint density at radius 1 is 1.19 bits per heavy atom. The van der Waals surface area contributed by atoms with E-state index in [-0.39, 0.29) is 19.0 Å². The van der Waals surface area contributed by atoms with Crippen LogP contribution >= 0.6 is 15.9 Å². The number of primary amides is 1. The molecule has 0 saturated carbocycles. The Balaban J connectivity index is 2.31. The van der Waals surface area contributed by atoms with E-state index in [1.165, 1.54) is 0 Å². The third-order valence-electron chi connectivity index (χ3n) is 1.76. The Morgan fingerprint density at radius 2 is 1.81 bits per heavy atom. The lowest BCUT2D eigenvalue weighted by Crippen LogP contribution is -2.36. The zero-order valence-electron chi connectivity index (χ0n) is 8.50. The highest BCUT2D eigenvalue weighted by Gasteiger charge is 2.01. The van der Waals surface area contributed by atoms with E-state index in [1.54, 1.807) is 0 Å². The molecule has 0 spiro atoms. The highest BCUT2D eigenvalue weighted by molar-refractivity contribution is 9.10. The first kappa shape index (κ1) is 12.5. The minimum absolute atomic E-state index is 0.106. The maximum Gasteiger partial charge on any atom is 0.239 e. The molecular formula is C10H12BrN3O2. The molecule has 0 saturated heterocycles. The predicted molar refractivity (Wildman–Crippen MR) is 64.8 cm³/mol. The van der Waals surface area contributed by atoms with Crippen molar-refractivity contribution >= 4 is 33.4 Å². The van der Waals surface area contributed by atoms with Crippen LogP contribution in [0.1, 0.15) is 0 Å². The van der Waals surface area contributed by atoms with Crippen LogP contribution in [-0.4, -0.2) is 24.9 Å². The van der Waals surface area contributed by atoms with Gasteiger partial charge in [0.1, 0.15) is 0 Å². The monoisotopic (exact) mass is 285 g/mol. The smallest absolute Gasteiger partial charge is 0.239 e. The SMILES string of the molecule is NC(=O)CNC(=O)CNc1ccc(Br)cc1. The van der Waals surface area contributed by atoms with E-state index < -0.39 is 5.91 Å². The largest absolute Gasteiger partial charge is 0.376 e. The number of hydrogen-bond acceptors (Lipinski definition) is 3. The molecule has 1 aromatic carbocycles. The van der Waals surface area contributed by atoms with Crippen LogP contribution in [0.2, 0.25) is 0 Å². The summed E-state index contributed by atoms with van der Waals surface area (Å²) in [5.74, 6) is -0.835. The molecule has 4 N–H and O–H groups in total. The zero-order chi connectivity index (χ0) is 12.0. The molecule has 1 rings (SSSR count). The molecule has 16 heavy (non-hydrogen) atoms. The van der Waals surface area contributed by atoms with Crippen LogP contribution in [0.5, 0.6) is 0 Å². The molecule has 0 aromatic heterocycles. The molecule has 0 radical (unpaired) electrons. The quantitative estimate of drug-likeness (QED) is 0.735. The van der Waals surface area contributed by atoms with E-state index in [2.05, 4.69) is 26.6 Å². The second kappa shape index (κ2) is 6.12. The van der Waals surface area contributed by atoms with Crippen LogP contribution in [-0.2, 0) is 9.59 Å². The third-order valence-corrected chi connectivity index (χ3v) is 2.29. The van der Waals surface area contributed by atoms with Gasteiger partial charge in [0.15, 0.2) is 0 Å². The van der Waals surface area contributed by atoms with Gasteiger partial charge in [-0.2, -0.15) is 0 Å². The summed E-state index contributed by atoms with van der Waals surface area (Å²) in [6.07, 6.45) is 0. The van der Waals surface area contributed by atoms with Crippen molar-refractivity contribution in [1.29, 1.82) is 0 Å². The second-order valence-corrected chi connectivity index (χ2v) is 4.02. The molecule has 0 atom stereocenters. The van der Waals surface area contributed by atoms with Gasteiger partial charge in [-0.15, -0.1) is 0 Å². The van der Waals surface area contributed by atoms with Crippen LogP contribution in [0.4, 0.5) is 5.69 Å². The summed E-state index contributed by atoms with van der Waals surface area (Å²) >= 11 is 3.31. The zero-order valence-corrected chi connectivity index (χ0v) is 10.1. The van der Waals surface area contributed by atoms with Crippen molar-refractivity contribution < 1.29 is 9.59 Å². The highest BCUT2D eigenvalue weighted by Crippen LogP contribution is 2.13. The van der Waals surface area contributed by atoms with Crippen LogP contribution in [0.3, 0.4) is 0 Å². The topological polar surface area (TPSA) is 84.2 Å². The highest BCUT2D eigenvalue weighted by atomic mass is 79.9. The Labute approximate surface area is 102 Å². The maximum atomic E-state index is 11.2. The lowest BCUT2D eigenvalue weighted by atomic mass is 10.3. The normalized spacial score (nSPS) is 9.56. The van der Waals surface area contributed by atoms with Crippen molar-refractivity contribution in [3.63, 3.8) is 0 Å². The fourth-order valence-electron chi connectivity index (χ4n) is 0.998. The number of nitrogens with one attached hydrogen (secondary N) is 2. The number of nitrogens with two attached hydrogens (primary N) is 1. The molecule has 86 valence electrons. The number of carbonyl (C=O) groups excluding carboxylic acids is 2. The van der Waals surface area contributed by atoms with Gasteiger partial charge < -0.3 is 16.4 Å². The summed E-state index contributed by atoms with van der Waals surface area (Å²) in [4.78, 5) is 21.6. The fraction of sp³-hybridized carbons (Fsp3) is 0.200. The first-order valence-corrected chi connectivity index (χ1v) is 5.41. The average Bonchev–Trinajstić information content (AvgIpc) is 2.25. The van der Waals surface area contributed by atoms with Gasteiger partial charge in [0.2, 0.25) is 11.8 Å². The van der Waals surface area contributed by atoms with Gasteiger partial charge in [-0.3, -0.25) is 9.59 Å². The standard InChI is InChI=1S/C10H12BrN3O2/c11-7-1-3-8(4-2-7)13-6-10(16)14-5-9(12)15/h1-4,13H,5-6H2,(H2,12,15)(H,14,16). The first-order chi connectivity index (χ1) is 7.58. The fourth-order valence-corrected chi connectivity index (χ4v) is 1.26. The van der Waals surface area contributed by atoms with E-state index in [4.69, 9.17) is 5.73 Å². The number of amides is 2. The van der Waals surface area contributed by atoms with Crippen LogP contribution in [0, 0.1) is 0 Å². The molecule has 2 amide bonds. The van der Waals surface area contributed by atoms with Gasteiger partial charge in [-0.05, 0) is 24.3 Å². The summed E-state index contributed by atoms with van der Waals surface area (Å²) in [7, 11) is 0. The van der Waals surface area contributed by atoms with Crippen LogP contribution in [0.15, 0.2) is 28.7 Å². The lowest BCUT2D eigenvalue weighted by molar-refractivity contribution is -0.123. The van der Waals surface area contributed by atoms with E-state index in [9.17, 15) is 9.59 Å². The number of carbonyl (C=O) groups is 2. The van der Waals surface area contributed by atoms with E-state index >= 15 is 0 Å². The number of benzene rings is 1. The maximum absolute atomic E-state index is 11.2. The molecule has 0 aliphatic heterocycles. The molecule has 0 aliphatic rings. The van der Waals surface area contributed by atoms with E-state index in [0.717, 1.165) is 10.2 Å². The van der Waals surface area contributed by atoms with Crippen molar-refractivity contribution in [3.8, 4) is 0 Å². The number of hydrogen-bond donors (Lipinski definition) is 3. The summed E-state index contributed by atoms with van der Waals surface area (Å²) in [6, 6.07) is 7.41. The Bertz CT molecular complexity index is 378. The summed E-state index contributed by atoms with van der Waals surface area (Å²) in [5, 5.41) is 5.29. The van der Waals surface area contributed by atoms with Crippen molar-refractivity contribution in [1.82, 2.24) is 5.32 Å².